The van der Waals surface area contributed by atoms with Gasteiger partial charge >= 0.3 is 0 Å². The lowest BCUT2D eigenvalue weighted by Gasteiger charge is -2.16. The van der Waals surface area contributed by atoms with Crippen molar-refractivity contribution in [3.8, 4) is 0 Å². The standard InChI is InChI=1S/C9H20N2S/c1-3-7(2)12-6-9(11-10)8-4-5-8/h7-9,11H,3-6,10H2,1-2H3. The molecule has 0 aliphatic heterocycles. The molecule has 12 heavy (non-hydrogen) atoms. The van der Waals surface area contributed by atoms with Crippen LogP contribution in [-0.4, -0.2) is 17.0 Å². The average molecular weight is 188 g/mol. The average Bonchev–Trinajstić information content (AvgIpc) is 2.89. The summed E-state index contributed by atoms with van der Waals surface area (Å²) < 4.78 is 0. The maximum absolute atomic E-state index is 5.48. The summed E-state index contributed by atoms with van der Waals surface area (Å²) in [6.45, 7) is 4.52. The Labute approximate surface area is 79.6 Å². The Morgan fingerprint density at radius 2 is 2.25 bits per heavy atom. The Bertz CT molecular complexity index is 126. The molecule has 0 aromatic heterocycles. The smallest absolute Gasteiger partial charge is 0.0329 e. The van der Waals surface area contributed by atoms with E-state index >= 15 is 0 Å². The summed E-state index contributed by atoms with van der Waals surface area (Å²) in [5, 5.41) is 0.777. The third-order valence-electron chi connectivity index (χ3n) is 2.54. The highest BCUT2D eigenvalue weighted by Crippen LogP contribution is 2.34. The van der Waals surface area contributed by atoms with E-state index in [1.165, 1.54) is 25.0 Å². The number of hydrogen-bond donors (Lipinski definition) is 2. The van der Waals surface area contributed by atoms with E-state index in [-0.39, 0.29) is 0 Å². The van der Waals surface area contributed by atoms with Crippen molar-refractivity contribution in [3.63, 3.8) is 0 Å². The molecule has 0 heterocycles. The third kappa shape index (κ3) is 3.33. The van der Waals surface area contributed by atoms with Gasteiger partial charge < -0.3 is 0 Å². The maximum atomic E-state index is 5.48. The predicted octanol–water partition coefficient (Wildman–Crippen LogP) is 1.76. The first-order valence-corrected chi connectivity index (χ1v) is 5.90. The molecule has 1 rings (SSSR count). The van der Waals surface area contributed by atoms with Gasteiger partial charge in [-0.05, 0) is 25.2 Å². The van der Waals surface area contributed by atoms with Crippen LogP contribution in [0.15, 0.2) is 0 Å². The molecule has 1 fully saturated rings. The monoisotopic (exact) mass is 188 g/mol. The van der Waals surface area contributed by atoms with E-state index < -0.39 is 0 Å². The molecular weight excluding hydrogens is 168 g/mol. The molecule has 72 valence electrons. The van der Waals surface area contributed by atoms with Crippen molar-refractivity contribution in [2.24, 2.45) is 11.8 Å². The number of nitrogens with two attached hydrogens (primary N) is 1. The van der Waals surface area contributed by atoms with Crippen molar-refractivity contribution in [2.75, 3.05) is 5.75 Å². The molecule has 3 heteroatoms. The highest BCUT2D eigenvalue weighted by Gasteiger charge is 2.30. The summed E-state index contributed by atoms with van der Waals surface area (Å²) >= 11 is 2.03. The second kappa shape index (κ2) is 5.10. The van der Waals surface area contributed by atoms with Crippen LogP contribution in [0.4, 0.5) is 0 Å². The lowest BCUT2D eigenvalue weighted by atomic mass is 10.2. The van der Waals surface area contributed by atoms with E-state index in [9.17, 15) is 0 Å². The van der Waals surface area contributed by atoms with Gasteiger partial charge in [-0.2, -0.15) is 11.8 Å². The minimum Gasteiger partial charge on any atom is -0.271 e. The van der Waals surface area contributed by atoms with Gasteiger partial charge in [0.1, 0.15) is 0 Å². The van der Waals surface area contributed by atoms with Gasteiger partial charge in [-0.1, -0.05) is 13.8 Å². The Balaban J connectivity index is 2.10. The predicted molar refractivity (Wildman–Crippen MR) is 56.0 cm³/mol. The third-order valence-corrected chi connectivity index (χ3v) is 3.99. The molecule has 0 bridgehead atoms. The molecule has 0 saturated heterocycles. The summed E-state index contributed by atoms with van der Waals surface area (Å²) in [5.74, 6) is 7.52. The molecule has 2 unspecified atom stereocenters. The molecule has 3 N–H and O–H groups in total. The van der Waals surface area contributed by atoms with Gasteiger partial charge in [0.2, 0.25) is 0 Å². The molecule has 0 aromatic rings. The Kier molecular flexibility index (Phi) is 4.40. The van der Waals surface area contributed by atoms with Crippen LogP contribution in [0.2, 0.25) is 0 Å². The van der Waals surface area contributed by atoms with E-state index in [2.05, 4.69) is 19.3 Å². The van der Waals surface area contributed by atoms with E-state index in [0.29, 0.717) is 6.04 Å². The van der Waals surface area contributed by atoms with Crippen molar-refractivity contribution in [2.45, 2.75) is 44.4 Å². The molecule has 2 nitrogen and oxygen atoms in total. The minimum atomic E-state index is 0.559. The zero-order valence-corrected chi connectivity index (χ0v) is 8.86. The molecule has 0 spiro atoms. The lowest BCUT2D eigenvalue weighted by molar-refractivity contribution is 0.520. The maximum Gasteiger partial charge on any atom is 0.0329 e. The second-order valence-corrected chi connectivity index (χ2v) is 5.13. The molecule has 0 amide bonds. The number of hydrogen-bond acceptors (Lipinski definition) is 3. The molecular formula is C9H20N2S. The Hall–Kier alpha value is 0.270. The minimum absolute atomic E-state index is 0.559. The number of rotatable bonds is 6. The van der Waals surface area contributed by atoms with Crippen molar-refractivity contribution in [1.29, 1.82) is 0 Å². The second-order valence-electron chi connectivity index (χ2n) is 3.66. The van der Waals surface area contributed by atoms with E-state index in [4.69, 9.17) is 5.84 Å². The Morgan fingerprint density at radius 1 is 1.58 bits per heavy atom. The summed E-state index contributed by atoms with van der Waals surface area (Å²) in [4.78, 5) is 0. The van der Waals surface area contributed by atoms with Crippen molar-refractivity contribution in [1.82, 2.24) is 5.43 Å². The van der Waals surface area contributed by atoms with Crippen LogP contribution in [0.3, 0.4) is 0 Å². The highest BCUT2D eigenvalue weighted by molar-refractivity contribution is 7.99. The van der Waals surface area contributed by atoms with E-state index in [1.54, 1.807) is 0 Å². The van der Waals surface area contributed by atoms with Crippen LogP contribution in [0.1, 0.15) is 33.1 Å². The molecule has 1 aliphatic rings. The van der Waals surface area contributed by atoms with Crippen LogP contribution in [0.25, 0.3) is 0 Å². The fourth-order valence-electron chi connectivity index (χ4n) is 1.20. The SMILES string of the molecule is CCC(C)SCC(NN)C1CC1. The van der Waals surface area contributed by atoms with Crippen molar-refractivity contribution in [3.05, 3.63) is 0 Å². The van der Waals surface area contributed by atoms with E-state index in [1.807, 2.05) is 11.8 Å². The first-order valence-electron chi connectivity index (χ1n) is 4.85. The van der Waals surface area contributed by atoms with Gasteiger partial charge in [0, 0.05) is 17.0 Å². The summed E-state index contributed by atoms with van der Waals surface area (Å²) in [6, 6.07) is 0.559. The van der Waals surface area contributed by atoms with Crippen LogP contribution < -0.4 is 11.3 Å². The molecule has 2 atom stereocenters. The normalized spacial score (nSPS) is 22.2. The van der Waals surface area contributed by atoms with Crippen molar-refractivity contribution < 1.29 is 0 Å². The highest BCUT2D eigenvalue weighted by atomic mass is 32.2. The summed E-state index contributed by atoms with van der Waals surface area (Å²) in [7, 11) is 0. The van der Waals surface area contributed by atoms with Crippen LogP contribution in [-0.2, 0) is 0 Å². The van der Waals surface area contributed by atoms with Gasteiger partial charge in [-0.25, -0.2) is 0 Å². The molecule has 1 saturated carbocycles. The van der Waals surface area contributed by atoms with Crippen molar-refractivity contribution >= 4 is 11.8 Å². The molecule has 1 aliphatic carbocycles. The van der Waals surface area contributed by atoms with Crippen LogP contribution >= 0.6 is 11.8 Å². The van der Waals surface area contributed by atoms with Gasteiger partial charge in [-0.15, -0.1) is 0 Å². The van der Waals surface area contributed by atoms with Gasteiger partial charge in [0.15, 0.2) is 0 Å². The van der Waals surface area contributed by atoms with Crippen LogP contribution in [0.5, 0.6) is 0 Å². The largest absolute Gasteiger partial charge is 0.271 e. The fraction of sp³-hybridized carbons (Fsp3) is 1.00. The van der Waals surface area contributed by atoms with E-state index in [0.717, 1.165) is 11.2 Å². The number of thioether (sulfide) groups is 1. The fourth-order valence-corrected chi connectivity index (χ4v) is 2.34. The molecule has 0 radical (unpaired) electrons. The topological polar surface area (TPSA) is 38.0 Å². The quantitative estimate of drug-likeness (QED) is 0.493. The zero-order valence-electron chi connectivity index (χ0n) is 8.05. The van der Waals surface area contributed by atoms with Gasteiger partial charge in [0.05, 0.1) is 0 Å². The summed E-state index contributed by atoms with van der Waals surface area (Å²) in [6.07, 6.45) is 4.00. The summed E-state index contributed by atoms with van der Waals surface area (Å²) in [5.41, 5.74) is 2.92. The van der Waals surface area contributed by atoms with Crippen LogP contribution in [0, 0.1) is 5.92 Å². The zero-order chi connectivity index (χ0) is 8.97. The number of nitrogens with one attached hydrogen (secondary N) is 1. The first kappa shape index (κ1) is 10.4. The van der Waals surface area contributed by atoms with Gasteiger partial charge in [0.25, 0.3) is 0 Å². The Morgan fingerprint density at radius 3 is 2.67 bits per heavy atom. The van der Waals surface area contributed by atoms with Gasteiger partial charge in [-0.3, -0.25) is 11.3 Å². The number of hydrazine groups is 1. The molecule has 0 aromatic carbocycles. The lowest BCUT2D eigenvalue weighted by Crippen LogP contribution is -2.39. The first-order chi connectivity index (χ1) is 5.77.